The average molecular weight is 366 g/mol. The van der Waals surface area contributed by atoms with Crippen LogP contribution in [0.3, 0.4) is 0 Å². The highest BCUT2D eigenvalue weighted by Gasteiger charge is 2.33. The molecule has 0 aliphatic rings. The molecule has 0 heterocycles. The molecule has 0 amide bonds. The molecule has 140 valence electrons. The fourth-order valence-corrected chi connectivity index (χ4v) is 2.55. The van der Waals surface area contributed by atoms with Gasteiger partial charge in [0, 0.05) is 13.6 Å². The van der Waals surface area contributed by atoms with Gasteiger partial charge in [0.25, 0.3) is 0 Å². The third-order valence-electron chi connectivity index (χ3n) is 4.28. The van der Waals surface area contributed by atoms with Crippen molar-refractivity contribution in [3.8, 4) is 0 Å². The summed E-state index contributed by atoms with van der Waals surface area (Å²) >= 11 is 0. The van der Waals surface area contributed by atoms with Crippen LogP contribution in [-0.2, 0) is 12.6 Å². The molecule has 2 aromatic rings. The Balaban J connectivity index is 2.27. The molecule has 0 radical (unpaired) electrons. The molecule has 0 aromatic heterocycles. The van der Waals surface area contributed by atoms with Crippen molar-refractivity contribution in [2.75, 3.05) is 13.6 Å². The summed E-state index contributed by atoms with van der Waals surface area (Å²) in [5.74, 6) is -1.24. The van der Waals surface area contributed by atoms with E-state index in [1.807, 2.05) is 44.9 Å². The van der Waals surface area contributed by atoms with Crippen molar-refractivity contribution in [3.05, 3.63) is 64.0 Å². The van der Waals surface area contributed by atoms with Gasteiger partial charge in [0.1, 0.15) is 5.82 Å². The highest BCUT2D eigenvalue weighted by atomic mass is 19.4. The van der Waals surface area contributed by atoms with Crippen molar-refractivity contribution in [1.29, 1.82) is 0 Å². The maximum Gasteiger partial charge on any atom is 0.419 e. The molecule has 2 nitrogen and oxygen atoms in total. The summed E-state index contributed by atoms with van der Waals surface area (Å²) in [5.41, 5.74) is 2.95. The van der Waals surface area contributed by atoms with Crippen LogP contribution < -0.4 is 0 Å². The van der Waals surface area contributed by atoms with Gasteiger partial charge in [-0.25, -0.2) is 9.38 Å². The predicted molar refractivity (Wildman–Crippen MR) is 96.6 cm³/mol. The first-order valence-corrected chi connectivity index (χ1v) is 8.32. The Morgan fingerprint density at radius 3 is 2.35 bits per heavy atom. The minimum atomic E-state index is -4.68. The van der Waals surface area contributed by atoms with Crippen molar-refractivity contribution >= 4 is 12.0 Å². The first kappa shape index (κ1) is 19.9. The Morgan fingerprint density at radius 2 is 1.77 bits per heavy atom. The Morgan fingerprint density at radius 1 is 1.08 bits per heavy atom. The molecule has 0 aliphatic carbocycles. The van der Waals surface area contributed by atoms with Crippen molar-refractivity contribution in [3.63, 3.8) is 0 Å². The van der Waals surface area contributed by atoms with Crippen molar-refractivity contribution in [2.45, 2.75) is 33.4 Å². The SMILES string of the molecule is CCN(C)C=Nc1cc(C)c(Cc2ccc(C(F)(F)F)c(F)c2)cc1C. The maximum atomic E-state index is 13.8. The van der Waals surface area contributed by atoms with E-state index < -0.39 is 17.6 Å². The Kier molecular flexibility index (Phi) is 6.05. The van der Waals surface area contributed by atoms with E-state index in [1.54, 1.807) is 6.34 Å². The Hall–Kier alpha value is -2.37. The predicted octanol–water partition coefficient (Wildman–Crippen LogP) is 5.66. The number of nitrogens with zero attached hydrogens (tertiary/aromatic N) is 2. The number of rotatable bonds is 5. The van der Waals surface area contributed by atoms with Gasteiger partial charge in [-0.15, -0.1) is 0 Å². The molecule has 0 unspecified atom stereocenters. The third kappa shape index (κ3) is 4.84. The molecular formula is C20H22F4N2. The van der Waals surface area contributed by atoms with Crippen LogP contribution in [0.1, 0.15) is 34.7 Å². The largest absolute Gasteiger partial charge is 0.419 e. The third-order valence-corrected chi connectivity index (χ3v) is 4.28. The first-order chi connectivity index (χ1) is 12.1. The zero-order chi connectivity index (χ0) is 19.5. The van der Waals surface area contributed by atoms with Gasteiger partial charge >= 0.3 is 6.18 Å². The first-order valence-electron chi connectivity index (χ1n) is 8.32. The van der Waals surface area contributed by atoms with Gasteiger partial charge in [-0.3, -0.25) is 0 Å². The number of hydrogen-bond donors (Lipinski definition) is 0. The van der Waals surface area contributed by atoms with Gasteiger partial charge in [-0.05, 0) is 67.6 Å². The monoisotopic (exact) mass is 366 g/mol. The molecule has 0 N–H and O–H groups in total. The number of hydrogen-bond acceptors (Lipinski definition) is 1. The molecule has 0 saturated carbocycles. The molecule has 0 aliphatic heterocycles. The number of benzene rings is 2. The molecular weight excluding hydrogens is 344 g/mol. The summed E-state index contributed by atoms with van der Waals surface area (Å²) in [6.07, 6.45) is -2.56. The van der Waals surface area contributed by atoms with Gasteiger partial charge in [0.2, 0.25) is 0 Å². The fraction of sp³-hybridized carbons (Fsp3) is 0.350. The lowest BCUT2D eigenvalue weighted by atomic mass is 9.97. The van der Waals surface area contributed by atoms with Crippen LogP contribution in [0.25, 0.3) is 0 Å². The lowest BCUT2D eigenvalue weighted by Gasteiger charge is -2.13. The van der Waals surface area contributed by atoms with Crippen molar-refractivity contribution < 1.29 is 17.6 Å². The van der Waals surface area contributed by atoms with E-state index in [0.29, 0.717) is 12.0 Å². The standard InChI is InChI=1S/C20H22F4N2/c1-5-26(4)12-25-19-9-13(2)16(8-14(19)3)10-15-6-7-17(18(21)11-15)20(22,23)24/h6-9,11-12H,5,10H2,1-4H3. The fourth-order valence-electron chi connectivity index (χ4n) is 2.55. The molecule has 0 bridgehead atoms. The molecule has 2 aromatic carbocycles. The highest BCUT2D eigenvalue weighted by molar-refractivity contribution is 5.64. The second-order valence-corrected chi connectivity index (χ2v) is 6.37. The van der Waals surface area contributed by atoms with Gasteiger partial charge in [0.05, 0.1) is 17.6 Å². The smallest absolute Gasteiger partial charge is 0.366 e. The molecule has 0 saturated heterocycles. The van der Waals surface area contributed by atoms with E-state index >= 15 is 0 Å². The Bertz CT molecular complexity index is 810. The molecule has 2 rings (SSSR count). The molecule has 0 spiro atoms. The van der Waals surface area contributed by atoms with E-state index in [4.69, 9.17) is 0 Å². The second kappa shape index (κ2) is 7.89. The zero-order valence-corrected chi connectivity index (χ0v) is 15.3. The zero-order valence-electron chi connectivity index (χ0n) is 15.3. The number of aliphatic imine (C=N–C) groups is 1. The van der Waals surface area contributed by atoms with Crippen LogP contribution in [0.5, 0.6) is 0 Å². The Labute approximate surface area is 151 Å². The quantitative estimate of drug-likeness (QED) is 0.378. The molecule has 26 heavy (non-hydrogen) atoms. The van der Waals surface area contributed by atoms with Crippen LogP contribution in [0.4, 0.5) is 23.2 Å². The van der Waals surface area contributed by atoms with Gasteiger partial charge in [-0.1, -0.05) is 12.1 Å². The summed E-state index contributed by atoms with van der Waals surface area (Å²) in [4.78, 5) is 6.41. The summed E-state index contributed by atoms with van der Waals surface area (Å²) in [6.45, 7) is 6.71. The molecule has 0 atom stereocenters. The summed E-state index contributed by atoms with van der Waals surface area (Å²) in [6, 6.07) is 6.96. The topological polar surface area (TPSA) is 15.6 Å². The summed E-state index contributed by atoms with van der Waals surface area (Å²) in [7, 11) is 1.93. The minimum Gasteiger partial charge on any atom is -0.366 e. The second-order valence-electron chi connectivity index (χ2n) is 6.37. The summed E-state index contributed by atoms with van der Waals surface area (Å²) in [5, 5.41) is 0. The minimum absolute atomic E-state index is 0.362. The van der Waals surface area contributed by atoms with Gasteiger partial charge in [-0.2, -0.15) is 13.2 Å². The lowest BCUT2D eigenvalue weighted by molar-refractivity contribution is -0.140. The van der Waals surface area contributed by atoms with Crippen molar-refractivity contribution in [2.24, 2.45) is 4.99 Å². The van der Waals surface area contributed by atoms with Crippen LogP contribution in [0, 0.1) is 19.7 Å². The molecule has 6 heteroatoms. The van der Waals surface area contributed by atoms with Crippen LogP contribution in [-0.4, -0.2) is 24.8 Å². The van der Waals surface area contributed by atoms with Crippen LogP contribution in [0.15, 0.2) is 35.3 Å². The van der Waals surface area contributed by atoms with Crippen LogP contribution in [0.2, 0.25) is 0 Å². The van der Waals surface area contributed by atoms with Crippen LogP contribution >= 0.6 is 0 Å². The van der Waals surface area contributed by atoms with Crippen molar-refractivity contribution in [1.82, 2.24) is 4.90 Å². The average Bonchev–Trinajstić information content (AvgIpc) is 2.55. The van der Waals surface area contributed by atoms with E-state index in [2.05, 4.69) is 4.99 Å². The number of alkyl halides is 3. The lowest BCUT2D eigenvalue weighted by Crippen LogP contribution is -2.14. The van der Waals surface area contributed by atoms with E-state index in [0.717, 1.165) is 41.1 Å². The van der Waals surface area contributed by atoms with E-state index in [1.165, 1.54) is 6.07 Å². The highest BCUT2D eigenvalue weighted by Crippen LogP contribution is 2.32. The normalized spacial score (nSPS) is 12.0. The number of aryl methyl sites for hydroxylation is 2. The summed E-state index contributed by atoms with van der Waals surface area (Å²) < 4.78 is 51.8. The van der Waals surface area contributed by atoms with E-state index in [9.17, 15) is 17.6 Å². The maximum absolute atomic E-state index is 13.8. The molecule has 0 fully saturated rings. The van der Waals surface area contributed by atoms with Gasteiger partial charge in [0.15, 0.2) is 0 Å². The van der Waals surface area contributed by atoms with E-state index in [-0.39, 0.29) is 0 Å². The number of halogens is 4. The van der Waals surface area contributed by atoms with Gasteiger partial charge < -0.3 is 4.90 Å².